The lowest BCUT2D eigenvalue weighted by molar-refractivity contribution is 0.627. The van der Waals surface area contributed by atoms with Gasteiger partial charge in [0.15, 0.2) is 0 Å². The molecule has 0 aliphatic rings. The van der Waals surface area contributed by atoms with Crippen molar-refractivity contribution in [2.24, 2.45) is 7.05 Å². The molecule has 0 saturated heterocycles. The molecule has 3 N–H and O–H groups in total. The van der Waals surface area contributed by atoms with Gasteiger partial charge in [0.05, 0.1) is 16.4 Å². The molecule has 0 amide bonds. The SMILES string of the molecule is CC(C)c1nn(C)c(NCc2ccc(F)c(Cl)c2)c1N. The summed E-state index contributed by atoms with van der Waals surface area (Å²) < 4.78 is 14.8. The molecule has 2 aromatic rings. The highest BCUT2D eigenvalue weighted by Gasteiger charge is 2.15. The smallest absolute Gasteiger partial charge is 0.148 e. The second-order valence-corrected chi connectivity index (χ2v) is 5.44. The standard InChI is InChI=1S/C14H18ClFN4/c1-8(2)13-12(17)14(20(3)19-13)18-7-9-4-5-11(16)10(15)6-9/h4-6,8,18H,7,17H2,1-3H3. The number of nitrogens with zero attached hydrogens (tertiary/aromatic N) is 2. The number of hydrogen-bond acceptors (Lipinski definition) is 3. The van der Waals surface area contributed by atoms with Gasteiger partial charge in [0.2, 0.25) is 0 Å². The maximum atomic E-state index is 13.1. The Balaban J connectivity index is 2.16. The number of aromatic nitrogens is 2. The molecule has 4 nitrogen and oxygen atoms in total. The highest BCUT2D eigenvalue weighted by atomic mass is 35.5. The number of anilines is 2. The first-order chi connectivity index (χ1) is 9.40. The number of benzene rings is 1. The van der Waals surface area contributed by atoms with E-state index >= 15 is 0 Å². The van der Waals surface area contributed by atoms with Crippen LogP contribution in [0.15, 0.2) is 18.2 Å². The van der Waals surface area contributed by atoms with E-state index in [0.717, 1.165) is 17.1 Å². The summed E-state index contributed by atoms with van der Waals surface area (Å²) in [5.74, 6) is 0.601. The topological polar surface area (TPSA) is 55.9 Å². The van der Waals surface area contributed by atoms with Crippen LogP contribution in [-0.4, -0.2) is 9.78 Å². The third-order valence-corrected chi connectivity index (χ3v) is 3.39. The van der Waals surface area contributed by atoms with Crippen molar-refractivity contribution in [2.45, 2.75) is 26.3 Å². The van der Waals surface area contributed by atoms with Gasteiger partial charge in [-0.2, -0.15) is 5.10 Å². The minimum absolute atomic E-state index is 0.116. The van der Waals surface area contributed by atoms with E-state index in [0.29, 0.717) is 12.2 Å². The third kappa shape index (κ3) is 2.88. The van der Waals surface area contributed by atoms with Gasteiger partial charge in [0, 0.05) is 13.6 Å². The average Bonchev–Trinajstić information content (AvgIpc) is 2.67. The second-order valence-electron chi connectivity index (χ2n) is 5.03. The van der Waals surface area contributed by atoms with Crippen LogP contribution < -0.4 is 11.1 Å². The van der Waals surface area contributed by atoms with Gasteiger partial charge in [-0.05, 0) is 23.6 Å². The molecule has 0 aliphatic carbocycles. The largest absolute Gasteiger partial charge is 0.394 e. The predicted molar refractivity (Wildman–Crippen MR) is 80.4 cm³/mol. The van der Waals surface area contributed by atoms with E-state index in [-0.39, 0.29) is 10.9 Å². The molecule has 0 saturated carbocycles. The summed E-state index contributed by atoms with van der Waals surface area (Å²) in [7, 11) is 1.84. The second kappa shape index (κ2) is 5.71. The van der Waals surface area contributed by atoms with Crippen LogP contribution >= 0.6 is 11.6 Å². The molecule has 6 heteroatoms. The van der Waals surface area contributed by atoms with E-state index in [9.17, 15) is 4.39 Å². The van der Waals surface area contributed by atoms with Gasteiger partial charge >= 0.3 is 0 Å². The number of halogens is 2. The Morgan fingerprint density at radius 1 is 1.45 bits per heavy atom. The molecule has 0 bridgehead atoms. The van der Waals surface area contributed by atoms with E-state index in [4.69, 9.17) is 17.3 Å². The van der Waals surface area contributed by atoms with Crippen molar-refractivity contribution in [3.8, 4) is 0 Å². The molecule has 0 aliphatic heterocycles. The summed E-state index contributed by atoms with van der Waals surface area (Å²) in [5.41, 5.74) is 8.49. The molecular formula is C14H18ClFN4. The lowest BCUT2D eigenvalue weighted by Gasteiger charge is -2.08. The maximum absolute atomic E-state index is 13.1. The van der Waals surface area contributed by atoms with E-state index in [2.05, 4.69) is 10.4 Å². The molecule has 0 spiro atoms. The number of rotatable bonds is 4. The van der Waals surface area contributed by atoms with E-state index < -0.39 is 5.82 Å². The first kappa shape index (κ1) is 14.7. The van der Waals surface area contributed by atoms with Crippen LogP contribution in [0.5, 0.6) is 0 Å². The molecular weight excluding hydrogens is 279 g/mol. The van der Waals surface area contributed by atoms with Crippen molar-refractivity contribution in [1.82, 2.24) is 9.78 Å². The van der Waals surface area contributed by atoms with E-state index in [1.165, 1.54) is 6.07 Å². The van der Waals surface area contributed by atoms with E-state index in [1.807, 2.05) is 20.9 Å². The fourth-order valence-corrected chi connectivity index (χ4v) is 2.24. The van der Waals surface area contributed by atoms with Crippen LogP contribution in [0.3, 0.4) is 0 Å². The number of nitrogens with two attached hydrogens (primary N) is 1. The van der Waals surface area contributed by atoms with Crippen molar-refractivity contribution in [3.05, 3.63) is 40.3 Å². The molecule has 108 valence electrons. The molecule has 0 unspecified atom stereocenters. The Kier molecular flexibility index (Phi) is 4.18. The van der Waals surface area contributed by atoms with Gasteiger partial charge in [0.1, 0.15) is 11.6 Å². The van der Waals surface area contributed by atoms with Crippen LogP contribution in [-0.2, 0) is 13.6 Å². The first-order valence-corrected chi connectivity index (χ1v) is 6.78. The van der Waals surface area contributed by atoms with Crippen molar-refractivity contribution in [2.75, 3.05) is 11.1 Å². The molecule has 1 aromatic heterocycles. The molecule has 1 aromatic carbocycles. The molecule has 20 heavy (non-hydrogen) atoms. The summed E-state index contributed by atoms with van der Waals surface area (Å²) in [6.45, 7) is 4.59. The van der Waals surface area contributed by atoms with Gasteiger partial charge in [-0.25, -0.2) is 4.39 Å². The summed E-state index contributed by atoms with van der Waals surface area (Å²) >= 11 is 5.76. The molecule has 1 heterocycles. The van der Waals surface area contributed by atoms with Gasteiger partial charge < -0.3 is 11.1 Å². The van der Waals surface area contributed by atoms with Gasteiger partial charge in [-0.15, -0.1) is 0 Å². The van der Waals surface area contributed by atoms with Gasteiger partial charge in [-0.1, -0.05) is 31.5 Å². The van der Waals surface area contributed by atoms with Crippen LogP contribution in [0.2, 0.25) is 5.02 Å². The Bertz CT molecular complexity index is 622. The summed E-state index contributed by atoms with van der Waals surface area (Å²) in [5, 5.41) is 7.73. The Labute approximate surface area is 122 Å². The van der Waals surface area contributed by atoms with E-state index in [1.54, 1.807) is 16.8 Å². The molecule has 0 atom stereocenters. The Hall–Kier alpha value is -1.75. The van der Waals surface area contributed by atoms with Crippen molar-refractivity contribution in [3.63, 3.8) is 0 Å². The number of nitrogens with one attached hydrogen (secondary N) is 1. The minimum Gasteiger partial charge on any atom is -0.394 e. The number of nitrogen functional groups attached to an aromatic ring is 1. The van der Waals surface area contributed by atoms with Crippen LogP contribution in [0.4, 0.5) is 15.9 Å². The van der Waals surface area contributed by atoms with Gasteiger partial charge in [0.25, 0.3) is 0 Å². The van der Waals surface area contributed by atoms with Crippen molar-refractivity contribution in [1.29, 1.82) is 0 Å². The Morgan fingerprint density at radius 2 is 2.15 bits per heavy atom. The van der Waals surface area contributed by atoms with Crippen molar-refractivity contribution >= 4 is 23.1 Å². The average molecular weight is 297 g/mol. The predicted octanol–water partition coefficient (Wildman–Crippen LogP) is 3.53. The number of aryl methyl sites for hydroxylation is 1. The van der Waals surface area contributed by atoms with Crippen LogP contribution in [0, 0.1) is 5.82 Å². The summed E-state index contributed by atoms with van der Waals surface area (Å²) in [4.78, 5) is 0. The zero-order chi connectivity index (χ0) is 14.9. The Morgan fingerprint density at radius 3 is 2.70 bits per heavy atom. The summed E-state index contributed by atoms with van der Waals surface area (Å²) in [6, 6.07) is 4.63. The normalized spacial score (nSPS) is 11.1. The highest BCUT2D eigenvalue weighted by Crippen LogP contribution is 2.28. The zero-order valence-corrected chi connectivity index (χ0v) is 12.5. The fraction of sp³-hybridized carbons (Fsp3) is 0.357. The monoisotopic (exact) mass is 296 g/mol. The zero-order valence-electron chi connectivity index (χ0n) is 11.7. The lowest BCUT2D eigenvalue weighted by atomic mass is 10.1. The number of hydrogen-bond donors (Lipinski definition) is 2. The fourth-order valence-electron chi connectivity index (χ4n) is 2.03. The van der Waals surface area contributed by atoms with Crippen LogP contribution in [0.1, 0.15) is 31.0 Å². The van der Waals surface area contributed by atoms with Gasteiger partial charge in [-0.3, -0.25) is 4.68 Å². The highest BCUT2D eigenvalue weighted by molar-refractivity contribution is 6.30. The third-order valence-electron chi connectivity index (χ3n) is 3.10. The molecule has 0 radical (unpaired) electrons. The molecule has 2 rings (SSSR count). The maximum Gasteiger partial charge on any atom is 0.148 e. The lowest BCUT2D eigenvalue weighted by Crippen LogP contribution is -2.06. The first-order valence-electron chi connectivity index (χ1n) is 6.40. The summed E-state index contributed by atoms with van der Waals surface area (Å²) in [6.07, 6.45) is 0. The quantitative estimate of drug-likeness (QED) is 0.907. The molecule has 0 fully saturated rings. The van der Waals surface area contributed by atoms with Crippen molar-refractivity contribution < 1.29 is 4.39 Å². The van der Waals surface area contributed by atoms with Crippen LogP contribution in [0.25, 0.3) is 0 Å². The minimum atomic E-state index is -0.419.